The van der Waals surface area contributed by atoms with Crippen LogP contribution in [0.1, 0.15) is 81.0 Å². The van der Waals surface area contributed by atoms with Crippen molar-refractivity contribution in [3.8, 4) is 11.5 Å². The maximum atomic E-state index is 12.5. The van der Waals surface area contributed by atoms with Crippen molar-refractivity contribution in [2.45, 2.75) is 84.5 Å². The summed E-state index contributed by atoms with van der Waals surface area (Å²) >= 11 is 0. The zero-order valence-electron chi connectivity index (χ0n) is 30.4. The Morgan fingerprint density at radius 3 is 1.43 bits per heavy atom. The number of unbranched alkanes of at least 4 members (excludes halogenated alkanes) is 2. The quantitative estimate of drug-likeness (QED) is 0.0666. The maximum Gasteiger partial charge on any atom is 0.308 e. The van der Waals surface area contributed by atoms with Crippen molar-refractivity contribution in [2.24, 2.45) is 0 Å². The number of hydrogen-bond acceptors (Lipinski definition) is 8. The third kappa shape index (κ3) is 11.5. The van der Waals surface area contributed by atoms with Gasteiger partial charge in [-0.05, 0) is 120 Å². The van der Waals surface area contributed by atoms with Crippen LogP contribution in [0.25, 0.3) is 21.8 Å². The maximum absolute atomic E-state index is 12.5. The number of nitrogens with one attached hydrogen (secondary N) is 2. The summed E-state index contributed by atoms with van der Waals surface area (Å²) in [5.41, 5.74) is 6.76. The third-order valence-corrected chi connectivity index (χ3v) is 8.70. The first-order chi connectivity index (χ1) is 23.7. The van der Waals surface area contributed by atoms with E-state index in [0.717, 1.165) is 86.3 Å². The lowest BCUT2D eigenvalue weighted by Crippen LogP contribution is -2.15. The molecule has 0 bridgehead atoms. The average Bonchev–Trinajstić information content (AvgIpc) is 3.68. The van der Waals surface area contributed by atoms with E-state index in [1.165, 1.54) is 22.3 Å². The van der Waals surface area contributed by atoms with E-state index in [2.05, 4.69) is 86.1 Å². The fourth-order valence-electron chi connectivity index (χ4n) is 5.91. The summed E-state index contributed by atoms with van der Waals surface area (Å²) in [5.74, 6) is 0.585. The van der Waals surface area contributed by atoms with Crippen LogP contribution >= 0.6 is 0 Å². The molecule has 10 heteroatoms. The van der Waals surface area contributed by atoms with Gasteiger partial charge in [0.15, 0.2) is 0 Å². The normalized spacial score (nSPS) is 11.6. The molecule has 4 rings (SSSR count). The van der Waals surface area contributed by atoms with Gasteiger partial charge in [0.1, 0.15) is 11.5 Å². The smallest absolute Gasteiger partial charge is 0.308 e. The van der Waals surface area contributed by atoms with Crippen LogP contribution in [0.3, 0.4) is 0 Å². The predicted molar refractivity (Wildman–Crippen MR) is 195 cm³/mol. The molecular weight excluding hydrogens is 620 g/mol. The highest BCUT2D eigenvalue weighted by Crippen LogP contribution is 2.33. The van der Waals surface area contributed by atoms with Crippen LogP contribution in [0.15, 0.2) is 36.7 Å². The average molecular weight is 677 g/mol. The number of carbonyl (C=O) groups is 2. The molecule has 4 aromatic rings. The van der Waals surface area contributed by atoms with Gasteiger partial charge in [-0.25, -0.2) is 0 Å². The van der Waals surface area contributed by atoms with Crippen molar-refractivity contribution in [1.82, 2.24) is 19.8 Å². The van der Waals surface area contributed by atoms with Crippen LogP contribution in [-0.2, 0) is 44.7 Å². The molecule has 0 fully saturated rings. The Bertz CT molecular complexity index is 1520. The third-order valence-electron chi connectivity index (χ3n) is 8.70. The molecule has 2 aromatic heterocycles. The Labute approximate surface area is 291 Å². The largest absolute Gasteiger partial charge is 0.457 e. The van der Waals surface area contributed by atoms with E-state index >= 15 is 0 Å². The monoisotopic (exact) mass is 676 g/mol. The second-order valence-corrected chi connectivity index (χ2v) is 13.4. The lowest BCUT2D eigenvalue weighted by atomic mass is 10.0. The summed E-state index contributed by atoms with van der Waals surface area (Å²) in [5, 5.41) is 2.05. The van der Waals surface area contributed by atoms with Gasteiger partial charge in [0, 0.05) is 60.1 Å². The van der Waals surface area contributed by atoms with Crippen molar-refractivity contribution in [2.75, 3.05) is 54.9 Å². The number of fused-ring (bicyclic) bond motifs is 2. The second-order valence-electron chi connectivity index (χ2n) is 13.4. The zero-order valence-corrected chi connectivity index (χ0v) is 30.4. The van der Waals surface area contributed by atoms with Crippen LogP contribution in [0, 0.1) is 0 Å². The van der Waals surface area contributed by atoms with E-state index in [1.807, 2.05) is 12.4 Å². The number of benzene rings is 2. The Kier molecular flexibility index (Phi) is 14.8. The fraction of sp³-hybridized carbons (Fsp3) is 0.538. The summed E-state index contributed by atoms with van der Waals surface area (Å²) in [6.07, 6.45) is 12.6. The number of aryl methyl sites for hydroxylation is 2. The van der Waals surface area contributed by atoms with Gasteiger partial charge in [0.25, 0.3) is 0 Å². The lowest BCUT2D eigenvalue weighted by molar-refractivity contribution is -0.152. The summed E-state index contributed by atoms with van der Waals surface area (Å²) in [7, 11) is 8.22. The SMILES string of the molecule is CCCCc1cc(OCOC(=O)CCCC(=O)OCOc2cc(CCCC)cc3[nH]cc(CCN(C)C)c23)c2c(CCN(C)C)c[nH]c2c1. The Morgan fingerprint density at radius 2 is 1.04 bits per heavy atom. The number of nitrogens with zero attached hydrogens (tertiary/aromatic N) is 2. The van der Waals surface area contributed by atoms with Crippen molar-refractivity contribution in [1.29, 1.82) is 0 Å². The number of esters is 2. The van der Waals surface area contributed by atoms with Crippen LogP contribution in [0.5, 0.6) is 11.5 Å². The number of hydrogen-bond donors (Lipinski definition) is 2. The highest BCUT2D eigenvalue weighted by Gasteiger charge is 2.16. The van der Waals surface area contributed by atoms with Crippen LogP contribution in [0.2, 0.25) is 0 Å². The molecule has 2 N–H and O–H groups in total. The van der Waals surface area contributed by atoms with E-state index < -0.39 is 11.9 Å². The first-order valence-corrected chi connectivity index (χ1v) is 17.8. The molecular formula is C39H56N4O6. The molecule has 268 valence electrons. The van der Waals surface area contributed by atoms with E-state index in [9.17, 15) is 9.59 Å². The number of H-pyrrole nitrogens is 2. The molecule has 0 aliphatic carbocycles. The van der Waals surface area contributed by atoms with Gasteiger partial charge in [-0.15, -0.1) is 0 Å². The van der Waals surface area contributed by atoms with Crippen molar-refractivity contribution in [3.63, 3.8) is 0 Å². The number of likely N-dealkylation sites (N-methyl/N-ethyl adjacent to an activating group) is 2. The highest BCUT2D eigenvalue weighted by molar-refractivity contribution is 5.91. The van der Waals surface area contributed by atoms with Crippen molar-refractivity contribution in [3.05, 3.63) is 58.9 Å². The number of ether oxygens (including phenoxy) is 4. The van der Waals surface area contributed by atoms with E-state index in [0.29, 0.717) is 17.9 Å². The van der Waals surface area contributed by atoms with Crippen LogP contribution in [0.4, 0.5) is 0 Å². The molecule has 2 heterocycles. The van der Waals surface area contributed by atoms with E-state index in [4.69, 9.17) is 18.9 Å². The molecule has 0 unspecified atom stereocenters. The number of carbonyl (C=O) groups excluding carboxylic acids is 2. The number of aromatic amines is 2. The van der Waals surface area contributed by atoms with Crippen LogP contribution in [-0.4, -0.2) is 86.6 Å². The topological polar surface area (TPSA) is 109 Å². The minimum absolute atomic E-state index is 0.0855. The molecule has 0 amide bonds. The van der Waals surface area contributed by atoms with Crippen LogP contribution < -0.4 is 9.47 Å². The first-order valence-electron chi connectivity index (χ1n) is 17.8. The molecule has 2 aromatic carbocycles. The fourth-order valence-corrected chi connectivity index (χ4v) is 5.91. The van der Waals surface area contributed by atoms with Gasteiger partial charge < -0.3 is 38.7 Å². The van der Waals surface area contributed by atoms with Crippen molar-refractivity contribution >= 4 is 33.7 Å². The Hall–Kier alpha value is -4.02. The summed E-state index contributed by atoms with van der Waals surface area (Å²) in [6.45, 7) is 5.79. The minimum Gasteiger partial charge on any atom is -0.457 e. The van der Waals surface area contributed by atoms with Gasteiger partial charge in [-0.2, -0.15) is 0 Å². The molecule has 0 aliphatic heterocycles. The summed E-state index contributed by atoms with van der Waals surface area (Å²) in [4.78, 5) is 36.1. The second kappa shape index (κ2) is 19.2. The van der Waals surface area contributed by atoms with Gasteiger partial charge in [-0.3, -0.25) is 9.59 Å². The lowest BCUT2D eigenvalue weighted by Gasteiger charge is -2.13. The summed E-state index contributed by atoms with van der Waals surface area (Å²) < 4.78 is 22.9. The molecule has 0 atom stereocenters. The standard InChI is InChI=1S/C39H56N4O6/c1-7-9-12-28-20-32-38(30(24-40-32)16-18-42(3)4)34(22-28)46-26-48-36(44)14-11-15-37(45)49-27-47-35-23-29(13-10-8-2)21-33-39(35)31(25-41-33)17-19-43(5)6/h20-25,40-41H,7-19,26-27H2,1-6H3. The first kappa shape index (κ1) is 37.8. The molecule has 10 nitrogen and oxygen atoms in total. The van der Waals surface area contributed by atoms with Gasteiger partial charge >= 0.3 is 11.9 Å². The molecule has 0 aliphatic rings. The molecule has 0 saturated heterocycles. The highest BCUT2D eigenvalue weighted by atomic mass is 16.7. The molecule has 0 spiro atoms. The molecule has 49 heavy (non-hydrogen) atoms. The van der Waals surface area contributed by atoms with E-state index in [1.54, 1.807) is 0 Å². The van der Waals surface area contributed by atoms with Gasteiger partial charge in [0.2, 0.25) is 13.6 Å². The number of aromatic nitrogens is 2. The summed E-state index contributed by atoms with van der Waals surface area (Å²) in [6, 6.07) is 8.48. The Balaban J connectivity index is 1.25. The van der Waals surface area contributed by atoms with Crippen molar-refractivity contribution < 1.29 is 28.5 Å². The minimum atomic E-state index is -0.423. The molecule has 0 saturated carbocycles. The zero-order chi connectivity index (χ0) is 35.2. The number of rotatable bonds is 22. The van der Waals surface area contributed by atoms with Gasteiger partial charge in [0.05, 0.1) is 0 Å². The molecule has 0 radical (unpaired) electrons. The predicted octanol–water partition coefficient (Wildman–Crippen LogP) is 7.17. The Morgan fingerprint density at radius 1 is 0.612 bits per heavy atom. The van der Waals surface area contributed by atoms with Gasteiger partial charge in [-0.1, -0.05) is 26.7 Å². The van der Waals surface area contributed by atoms with E-state index in [-0.39, 0.29) is 26.4 Å².